The minimum Gasteiger partial charge on any atom is -0.465 e. The molecule has 1 aliphatic heterocycles. The summed E-state index contributed by atoms with van der Waals surface area (Å²) in [7, 11) is -0.457. The van der Waals surface area contributed by atoms with E-state index in [0.717, 1.165) is 56.2 Å². The second-order valence-electron chi connectivity index (χ2n) is 14.4. The summed E-state index contributed by atoms with van der Waals surface area (Å²) in [6, 6.07) is 0. The molecule has 5 fully saturated rings. The van der Waals surface area contributed by atoms with Crippen molar-refractivity contribution in [2.24, 2.45) is 16.2 Å². The number of carboxylic acid groups (broad SMARTS) is 2. The fourth-order valence-electron chi connectivity index (χ4n) is 8.92. The van der Waals surface area contributed by atoms with Gasteiger partial charge in [0, 0.05) is 23.9 Å². The zero-order valence-electron chi connectivity index (χ0n) is 23.8. The molecule has 1 saturated heterocycles. The Balaban J connectivity index is 1.37. The average molecular weight is 531 g/mol. The van der Waals surface area contributed by atoms with Crippen LogP contribution in [0.3, 0.4) is 0 Å². The van der Waals surface area contributed by atoms with E-state index < -0.39 is 36.1 Å². The quantitative estimate of drug-likeness (QED) is 0.500. The maximum Gasteiger partial charge on any atom is 0.498 e. The molecule has 2 N–H and O–H groups in total. The van der Waals surface area contributed by atoms with Crippen molar-refractivity contribution < 1.29 is 33.8 Å². The molecule has 2 heterocycles. The van der Waals surface area contributed by atoms with Gasteiger partial charge < -0.3 is 24.3 Å². The van der Waals surface area contributed by atoms with E-state index in [1.807, 2.05) is 6.20 Å². The molecule has 0 radical (unpaired) electrons. The van der Waals surface area contributed by atoms with Crippen molar-refractivity contribution in [1.29, 1.82) is 0 Å². The van der Waals surface area contributed by atoms with Gasteiger partial charge in [0.1, 0.15) is 0 Å². The van der Waals surface area contributed by atoms with E-state index in [9.17, 15) is 19.8 Å². The standard InChI is InChI=1S/C27H42BN3O7/c1-18-19(28-37-22(2,3)23(4,5)38-28)10-29-31(18)17-26-12-24(6)11-25(7,13-26)15-27(14-24,16-26)36-9-8-30(20(32)33)21(34)35/h10H,8-9,11-17H2,1-7H3,(H,32,33)(H,34,35). The predicted molar refractivity (Wildman–Crippen MR) is 140 cm³/mol. The summed E-state index contributed by atoms with van der Waals surface area (Å²) in [5.74, 6) is 0. The van der Waals surface area contributed by atoms with Gasteiger partial charge in [-0.05, 0) is 89.4 Å². The molecular weight excluding hydrogens is 489 g/mol. The van der Waals surface area contributed by atoms with Crippen LogP contribution >= 0.6 is 0 Å². The third-order valence-electron chi connectivity index (χ3n) is 9.97. The highest BCUT2D eigenvalue weighted by Gasteiger charge is 2.66. The number of imide groups is 1. The van der Waals surface area contributed by atoms with Gasteiger partial charge in [-0.3, -0.25) is 4.68 Å². The van der Waals surface area contributed by atoms with Crippen molar-refractivity contribution in [1.82, 2.24) is 14.7 Å². The van der Waals surface area contributed by atoms with Crippen molar-refractivity contribution in [3.8, 4) is 0 Å². The number of aromatic nitrogens is 2. The molecule has 0 spiro atoms. The lowest BCUT2D eigenvalue weighted by Crippen LogP contribution is -2.64. The summed E-state index contributed by atoms with van der Waals surface area (Å²) in [6.07, 6.45) is 4.91. The third-order valence-corrected chi connectivity index (χ3v) is 9.97. The first-order chi connectivity index (χ1) is 17.4. The number of amides is 2. The summed E-state index contributed by atoms with van der Waals surface area (Å²) in [5, 5.41) is 23.2. The van der Waals surface area contributed by atoms with Crippen LogP contribution in [0.1, 0.15) is 85.8 Å². The van der Waals surface area contributed by atoms with Gasteiger partial charge in [0.15, 0.2) is 0 Å². The van der Waals surface area contributed by atoms with Crippen LogP contribution in [0.25, 0.3) is 0 Å². The molecule has 1 aromatic rings. The van der Waals surface area contributed by atoms with Gasteiger partial charge >= 0.3 is 19.3 Å². The molecule has 2 atom stereocenters. The van der Waals surface area contributed by atoms with Gasteiger partial charge in [0.25, 0.3) is 0 Å². The number of carbonyl (C=O) groups is 2. The van der Waals surface area contributed by atoms with Crippen LogP contribution in [0, 0.1) is 23.2 Å². The van der Waals surface area contributed by atoms with E-state index in [-0.39, 0.29) is 29.4 Å². The van der Waals surface area contributed by atoms with Crippen molar-refractivity contribution >= 4 is 24.8 Å². The van der Waals surface area contributed by atoms with Crippen LogP contribution in [0.15, 0.2) is 6.20 Å². The molecule has 11 heteroatoms. The lowest BCUT2D eigenvalue weighted by Gasteiger charge is -2.69. The maximum atomic E-state index is 11.3. The molecule has 4 saturated carbocycles. The Bertz CT molecular complexity index is 1100. The van der Waals surface area contributed by atoms with E-state index in [0.29, 0.717) is 4.90 Å². The van der Waals surface area contributed by atoms with Crippen LogP contribution in [-0.2, 0) is 20.6 Å². The van der Waals surface area contributed by atoms with Crippen molar-refractivity contribution in [3.63, 3.8) is 0 Å². The number of hydrogen-bond acceptors (Lipinski definition) is 6. The Morgan fingerprint density at radius 1 is 0.974 bits per heavy atom. The molecule has 2 unspecified atom stereocenters. The van der Waals surface area contributed by atoms with Gasteiger partial charge in [0.2, 0.25) is 0 Å². The lowest BCUT2D eigenvalue weighted by molar-refractivity contribution is -0.248. The Hall–Kier alpha value is -2.11. The fourth-order valence-corrected chi connectivity index (χ4v) is 8.92. The molecule has 5 aliphatic rings. The first-order valence-corrected chi connectivity index (χ1v) is 13.7. The minimum absolute atomic E-state index is 0.0124. The predicted octanol–water partition coefficient (Wildman–Crippen LogP) is 4.28. The monoisotopic (exact) mass is 531 g/mol. The zero-order valence-corrected chi connectivity index (χ0v) is 23.8. The normalized spacial score (nSPS) is 36.6. The van der Waals surface area contributed by atoms with Gasteiger partial charge in [-0.25, -0.2) is 14.5 Å². The minimum atomic E-state index is -1.48. The van der Waals surface area contributed by atoms with Crippen molar-refractivity contribution in [2.45, 2.75) is 110 Å². The third kappa shape index (κ3) is 4.54. The molecule has 38 heavy (non-hydrogen) atoms. The fraction of sp³-hybridized carbons (Fsp3) is 0.815. The summed E-state index contributed by atoms with van der Waals surface area (Å²) < 4.78 is 21.2. The summed E-state index contributed by atoms with van der Waals surface area (Å²) in [6.45, 7) is 15.6. The van der Waals surface area contributed by atoms with Gasteiger partial charge in [-0.1, -0.05) is 13.8 Å². The second-order valence-corrected chi connectivity index (χ2v) is 14.4. The first-order valence-electron chi connectivity index (χ1n) is 13.7. The molecule has 6 rings (SSSR count). The molecular formula is C27H42BN3O7. The van der Waals surface area contributed by atoms with Gasteiger partial charge in [0.05, 0.1) is 30.0 Å². The molecule has 4 aliphatic carbocycles. The smallest absolute Gasteiger partial charge is 0.465 e. The van der Waals surface area contributed by atoms with Crippen LogP contribution in [0.4, 0.5) is 9.59 Å². The highest BCUT2D eigenvalue weighted by Crippen LogP contribution is 2.72. The maximum absolute atomic E-state index is 11.3. The highest BCUT2D eigenvalue weighted by atomic mass is 16.7. The Kier molecular flexibility index (Phi) is 6.10. The number of rotatable bonds is 7. The van der Waals surface area contributed by atoms with E-state index >= 15 is 0 Å². The summed E-state index contributed by atoms with van der Waals surface area (Å²) in [4.78, 5) is 23.0. The van der Waals surface area contributed by atoms with E-state index in [1.54, 1.807) is 0 Å². The second kappa shape index (κ2) is 8.45. The zero-order chi connectivity index (χ0) is 27.9. The molecule has 4 bridgehead atoms. The topological polar surface area (TPSA) is 123 Å². The number of ether oxygens (including phenoxy) is 1. The van der Waals surface area contributed by atoms with Gasteiger partial charge in [-0.15, -0.1) is 0 Å². The average Bonchev–Trinajstić information content (AvgIpc) is 3.16. The lowest BCUT2D eigenvalue weighted by atomic mass is 9.39. The molecule has 10 nitrogen and oxygen atoms in total. The SMILES string of the molecule is Cc1c(B2OC(C)(C)C(C)(C)O2)cnn1CC12CC3(C)CC(C)(C1)CC(OCCN(C(=O)O)C(=O)O)(C3)C2. The van der Waals surface area contributed by atoms with Crippen LogP contribution in [0.2, 0.25) is 0 Å². The van der Waals surface area contributed by atoms with Crippen LogP contribution < -0.4 is 5.46 Å². The van der Waals surface area contributed by atoms with Gasteiger partial charge in [-0.2, -0.15) is 5.10 Å². The van der Waals surface area contributed by atoms with Crippen LogP contribution in [0.5, 0.6) is 0 Å². The van der Waals surface area contributed by atoms with E-state index in [2.05, 4.69) is 53.1 Å². The Morgan fingerprint density at radius 2 is 1.53 bits per heavy atom. The Morgan fingerprint density at radius 3 is 2.05 bits per heavy atom. The molecule has 210 valence electrons. The first kappa shape index (κ1) is 27.5. The highest BCUT2D eigenvalue weighted by molar-refractivity contribution is 6.62. The number of nitrogens with zero attached hydrogens (tertiary/aromatic N) is 3. The van der Waals surface area contributed by atoms with E-state index in [1.165, 1.54) is 0 Å². The Labute approximate surface area is 225 Å². The molecule has 2 amide bonds. The van der Waals surface area contributed by atoms with Crippen molar-refractivity contribution in [3.05, 3.63) is 11.9 Å². The van der Waals surface area contributed by atoms with Crippen LogP contribution in [-0.4, -0.2) is 74.2 Å². The van der Waals surface area contributed by atoms with Crippen molar-refractivity contribution in [2.75, 3.05) is 13.2 Å². The summed E-state index contributed by atoms with van der Waals surface area (Å²) in [5.41, 5.74) is 0.975. The van der Waals surface area contributed by atoms with E-state index in [4.69, 9.17) is 19.1 Å². The molecule has 0 aromatic carbocycles. The summed E-state index contributed by atoms with van der Waals surface area (Å²) >= 11 is 0. The largest absolute Gasteiger partial charge is 0.498 e. The number of hydrogen-bond donors (Lipinski definition) is 2. The molecule has 1 aromatic heterocycles.